The SMILES string of the molecule is CC(C)(C)OC(=O)N[C@H]1CCCCC/C=C\C2C[C@@]2(C(=O)O)NC(=O)[C@@H]2C[C@@H](OC(=O)N3Cc4cccc(F)c4C3)CN2C1=O. The molecule has 4 amide bonds. The Balaban J connectivity index is 1.37. The summed E-state index contributed by atoms with van der Waals surface area (Å²) in [5.41, 5.74) is -1.22. The monoisotopic (exact) mass is 628 g/mol. The van der Waals surface area contributed by atoms with E-state index in [0.717, 1.165) is 19.3 Å². The molecule has 12 nitrogen and oxygen atoms in total. The first-order valence-electron chi connectivity index (χ1n) is 15.5. The first-order chi connectivity index (χ1) is 21.3. The van der Waals surface area contributed by atoms with Crippen molar-refractivity contribution in [1.29, 1.82) is 0 Å². The van der Waals surface area contributed by atoms with Crippen molar-refractivity contribution < 1.29 is 42.9 Å². The predicted octanol–water partition coefficient (Wildman–Crippen LogP) is 3.62. The van der Waals surface area contributed by atoms with Gasteiger partial charge in [-0.05, 0) is 58.1 Å². The summed E-state index contributed by atoms with van der Waals surface area (Å²) in [6, 6.07) is 2.45. The van der Waals surface area contributed by atoms with Crippen molar-refractivity contribution in [1.82, 2.24) is 20.4 Å². The molecule has 5 rings (SSSR count). The fourth-order valence-electron chi connectivity index (χ4n) is 6.32. The van der Waals surface area contributed by atoms with Gasteiger partial charge in [-0.15, -0.1) is 0 Å². The molecule has 1 aliphatic carbocycles. The molecule has 1 saturated carbocycles. The number of rotatable bonds is 3. The summed E-state index contributed by atoms with van der Waals surface area (Å²) in [5.74, 6) is -3.20. The Labute approximate surface area is 261 Å². The maximum atomic E-state index is 14.3. The molecular formula is C32H41FN4O8. The molecule has 3 N–H and O–H groups in total. The van der Waals surface area contributed by atoms with E-state index in [9.17, 15) is 33.5 Å². The third-order valence-corrected chi connectivity index (χ3v) is 8.76. The Hall–Kier alpha value is -4.16. The Bertz CT molecular complexity index is 1390. The smallest absolute Gasteiger partial charge is 0.410 e. The Morgan fingerprint density at radius 2 is 1.91 bits per heavy atom. The number of allylic oxidation sites excluding steroid dienone is 1. The van der Waals surface area contributed by atoms with E-state index in [1.807, 2.05) is 12.2 Å². The fourth-order valence-corrected chi connectivity index (χ4v) is 6.32. The third-order valence-electron chi connectivity index (χ3n) is 8.76. The van der Waals surface area contributed by atoms with E-state index < -0.39 is 65.1 Å². The Morgan fingerprint density at radius 3 is 2.62 bits per heavy atom. The molecule has 45 heavy (non-hydrogen) atoms. The zero-order chi connectivity index (χ0) is 32.5. The minimum absolute atomic E-state index is 0.0258. The second kappa shape index (κ2) is 12.7. The number of carboxylic acids is 1. The molecule has 4 aliphatic rings. The van der Waals surface area contributed by atoms with Crippen LogP contribution in [-0.4, -0.2) is 80.7 Å². The van der Waals surface area contributed by atoms with E-state index in [-0.39, 0.29) is 44.8 Å². The van der Waals surface area contributed by atoms with Gasteiger partial charge in [-0.25, -0.2) is 18.8 Å². The molecule has 1 aromatic rings. The molecule has 0 radical (unpaired) electrons. The number of aliphatic carboxylic acids is 1. The van der Waals surface area contributed by atoms with Gasteiger partial charge in [0.05, 0.1) is 13.1 Å². The van der Waals surface area contributed by atoms with Gasteiger partial charge in [0.1, 0.15) is 35.1 Å². The lowest BCUT2D eigenvalue weighted by Gasteiger charge is -2.30. The summed E-state index contributed by atoms with van der Waals surface area (Å²) in [6.07, 6.45) is 4.66. The molecule has 3 aliphatic heterocycles. The van der Waals surface area contributed by atoms with Gasteiger partial charge >= 0.3 is 18.2 Å². The number of fused-ring (bicyclic) bond motifs is 3. The molecule has 5 atom stereocenters. The Morgan fingerprint density at radius 1 is 1.13 bits per heavy atom. The maximum Gasteiger partial charge on any atom is 0.410 e. The van der Waals surface area contributed by atoms with Crippen molar-refractivity contribution in [2.24, 2.45) is 5.92 Å². The van der Waals surface area contributed by atoms with Crippen LogP contribution in [0.25, 0.3) is 0 Å². The quantitative estimate of drug-likeness (QED) is 0.429. The van der Waals surface area contributed by atoms with E-state index in [1.165, 1.54) is 15.9 Å². The molecular weight excluding hydrogens is 587 g/mol. The van der Waals surface area contributed by atoms with Gasteiger partial charge in [-0.3, -0.25) is 14.5 Å². The number of alkyl carbamates (subject to hydrolysis) is 1. The van der Waals surface area contributed by atoms with E-state index in [1.54, 1.807) is 32.9 Å². The number of hydrogen-bond acceptors (Lipinski definition) is 7. The van der Waals surface area contributed by atoms with Crippen LogP contribution in [0.4, 0.5) is 14.0 Å². The van der Waals surface area contributed by atoms with Crippen LogP contribution in [0.2, 0.25) is 0 Å². The largest absolute Gasteiger partial charge is 0.479 e. The average molecular weight is 629 g/mol. The molecule has 2 fully saturated rings. The van der Waals surface area contributed by atoms with Gasteiger partial charge in [0.25, 0.3) is 0 Å². The van der Waals surface area contributed by atoms with Crippen LogP contribution in [0.3, 0.4) is 0 Å². The minimum Gasteiger partial charge on any atom is -0.479 e. The molecule has 1 saturated heterocycles. The molecule has 0 spiro atoms. The normalized spacial score (nSPS) is 29.2. The van der Waals surface area contributed by atoms with Crippen LogP contribution < -0.4 is 10.6 Å². The second-order valence-corrected chi connectivity index (χ2v) is 13.3. The molecule has 0 bridgehead atoms. The molecule has 3 heterocycles. The van der Waals surface area contributed by atoms with Gasteiger partial charge < -0.3 is 30.1 Å². The number of halogens is 1. The molecule has 1 unspecified atom stereocenters. The molecule has 244 valence electrons. The topological polar surface area (TPSA) is 155 Å². The molecule has 13 heteroatoms. The number of carbonyl (C=O) groups is 5. The molecule has 0 aromatic heterocycles. The highest BCUT2D eigenvalue weighted by molar-refractivity contribution is 5.96. The summed E-state index contributed by atoms with van der Waals surface area (Å²) >= 11 is 0. The van der Waals surface area contributed by atoms with Gasteiger partial charge in [0.15, 0.2) is 0 Å². The number of ether oxygens (including phenoxy) is 2. The number of nitrogens with zero attached hydrogens (tertiary/aromatic N) is 2. The highest BCUT2D eigenvalue weighted by Crippen LogP contribution is 2.45. The third kappa shape index (κ3) is 7.23. The van der Waals surface area contributed by atoms with Gasteiger partial charge in [-0.1, -0.05) is 37.1 Å². The summed E-state index contributed by atoms with van der Waals surface area (Å²) in [4.78, 5) is 68.5. The first kappa shape index (κ1) is 32.2. The van der Waals surface area contributed by atoms with Crippen LogP contribution in [-0.2, 0) is 36.9 Å². The first-order valence-corrected chi connectivity index (χ1v) is 15.5. The van der Waals surface area contributed by atoms with Crippen molar-refractivity contribution in [3.63, 3.8) is 0 Å². The summed E-state index contributed by atoms with van der Waals surface area (Å²) in [6.45, 7) is 5.15. The van der Waals surface area contributed by atoms with Crippen LogP contribution >= 0.6 is 0 Å². The number of carboxylic acid groups (broad SMARTS) is 1. The van der Waals surface area contributed by atoms with Crippen molar-refractivity contribution in [2.75, 3.05) is 6.54 Å². The maximum absolute atomic E-state index is 14.3. The van der Waals surface area contributed by atoms with Crippen LogP contribution in [0.15, 0.2) is 30.4 Å². The van der Waals surface area contributed by atoms with Crippen molar-refractivity contribution in [2.45, 2.75) is 108 Å². The average Bonchev–Trinajstić information content (AvgIpc) is 3.27. The van der Waals surface area contributed by atoms with E-state index in [0.29, 0.717) is 17.5 Å². The number of benzene rings is 1. The zero-order valence-electron chi connectivity index (χ0n) is 25.8. The Kier molecular flexibility index (Phi) is 9.09. The lowest BCUT2D eigenvalue weighted by Crippen LogP contribution is -2.56. The van der Waals surface area contributed by atoms with Crippen molar-refractivity contribution in [3.8, 4) is 0 Å². The van der Waals surface area contributed by atoms with Crippen LogP contribution in [0.1, 0.15) is 76.8 Å². The fraction of sp³-hybridized carbons (Fsp3) is 0.594. The van der Waals surface area contributed by atoms with Gasteiger partial charge in [-0.2, -0.15) is 0 Å². The summed E-state index contributed by atoms with van der Waals surface area (Å²) in [7, 11) is 0. The minimum atomic E-state index is -1.49. The predicted molar refractivity (Wildman–Crippen MR) is 158 cm³/mol. The lowest BCUT2D eigenvalue weighted by molar-refractivity contribution is -0.145. The highest BCUT2D eigenvalue weighted by atomic mass is 19.1. The van der Waals surface area contributed by atoms with E-state index >= 15 is 0 Å². The molecule has 1 aromatic carbocycles. The second-order valence-electron chi connectivity index (χ2n) is 13.3. The summed E-state index contributed by atoms with van der Waals surface area (Å²) in [5, 5.41) is 15.4. The number of amides is 4. The van der Waals surface area contributed by atoms with E-state index in [4.69, 9.17) is 9.47 Å². The lowest BCUT2D eigenvalue weighted by atomic mass is 10.0. The number of hydrogen-bond donors (Lipinski definition) is 3. The standard InChI is InChI=1S/C32H41FN4O8/c1-31(2,3)45-29(42)34-24-13-8-6-4-5-7-11-20-15-32(20,28(40)41)35-26(38)25-14-21(17-37(25)27(24)39)44-30(43)36-16-19-10-9-12-23(33)22(19)18-36/h7,9-12,20-21,24-25H,4-6,8,13-18H2,1-3H3,(H,34,42)(H,35,38)(H,40,41)/b11-7-/t20?,21-,24+,25+,32-/m1/s1. The van der Waals surface area contributed by atoms with Crippen LogP contribution in [0.5, 0.6) is 0 Å². The van der Waals surface area contributed by atoms with Crippen molar-refractivity contribution >= 4 is 30.0 Å². The van der Waals surface area contributed by atoms with Crippen LogP contribution in [0, 0.1) is 11.7 Å². The van der Waals surface area contributed by atoms with Gasteiger partial charge in [0.2, 0.25) is 11.8 Å². The number of nitrogens with one attached hydrogen (secondary N) is 2. The van der Waals surface area contributed by atoms with Gasteiger partial charge in [0, 0.05) is 24.4 Å². The highest BCUT2D eigenvalue weighted by Gasteiger charge is 2.61. The zero-order valence-corrected chi connectivity index (χ0v) is 25.8. The number of carbonyl (C=O) groups excluding carboxylic acids is 4. The van der Waals surface area contributed by atoms with Crippen molar-refractivity contribution in [3.05, 3.63) is 47.3 Å². The summed E-state index contributed by atoms with van der Waals surface area (Å²) < 4.78 is 25.4. The van der Waals surface area contributed by atoms with E-state index in [2.05, 4.69) is 10.6 Å².